The smallest absolute Gasteiger partial charge is 0.317 e. The summed E-state index contributed by atoms with van der Waals surface area (Å²) in [5, 5.41) is 9.44. The first kappa shape index (κ1) is 21.2. The molecule has 0 aliphatic carbocycles. The molecule has 1 aliphatic heterocycles. The number of benzene rings is 1. The van der Waals surface area contributed by atoms with E-state index in [9.17, 15) is 9.18 Å². The Morgan fingerprint density at radius 1 is 1.42 bits per heavy atom. The normalized spacial score (nSPS) is 16.2. The zero-order chi connectivity index (χ0) is 16.8. The molecular formula is C17H25Cl2FN2O2. The van der Waals surface area contributed by atoms with E-state index in [-0.39, 0.29) is 24.8 Å². The van der Waals surface area contributed by atoms with Crippen molar-refractivity contribution in [3.63, 3.8) is 0 Å². The van der Waals surface area contributed by atoms with Gasteiger partial charge in [0, 0.05) is 23.2 Å². The number of halogens is 3. The molecule has 0 atom stereocenters. The summed E-state index contributed by atoms with van der Waals surface area (Å²) in [5.74, 6) is -1.02. The monoisotopic (exact) mass is 378 g/mol. The molecule has 0 bridgehead atoms. The third kappa shape index (κ3) is 5.88. The number of hydrogen-bond acceptors (Lipinski definition) is 3. The van der Waals surface area contributed by atoms with Crippen LogP contribution in [0.25, 0.3) is 0 Å². The van der Waals surface area contributed by atoms with Crippen LogP contribution in [0.4, 0.5) is 4.39 Å². The van der Waals surface area contributed by atoms with Crippen molar-refractivity contribution in [1.82, 2.24) is 9.80 Å². The summed E-state index contributed by atoms with van der Waals surface area (Å²) < 4.78 is 13.8. The number of aliphatic carboxylic acids is 1. The molecule has 1 fully saturated rings. The van der Waals surface area contributed by atoms with Gasteiger partial charge in [0.1, 0.15) is 5.82 Å². The Morgan fingerprint density at radius 2 is 2.08 bits per heavy atom. The van der Waals surface area contributed by atoms with Crippen LogP contribution in [-0.4, -0.2) is 59.6 Å². The highest BCUT2D eigenvalue weighted by atomic mass is 35.5. The van der Waals surface area contributed by atoms with E-state index in [4.69, 9.17) is 16.7 Å². The maximum absolute atomic E-state index is 13.8. The van der Waals surface area contributed by atoms with Crippen LogP contribution in [0.1, 0.15) is 25.3 Å². The maximum Gasteiger partial charge on any atom is 0.317 e. The van der Waals surface area contributed by atoms with Crippen molar-refractivity contribution in [2.24, 2.45) is 0 Å². The summed E-state index contributed by atoms with van der Waals surface area (Å²) in [6.07, 6.45) is 2.50. The zero-order valence-electron chi connectivity index (χ0n) is 13.9. The molecule has 1 heterocycles. The van der Waals surface area contributed by atoms with Crippen molar-refractivity contribution >= 4 is 30.0 Å². The average Bonchev–Trinajstić information content (AvgIpc) is 2.52. The molecular weight excluding hydrogens is 354 g/mol. The highest BCUT2D eigenvalue weighted by Gasteiger charge is 2.25. The lowest BCUT2D eigenvalue weighted by molar-refractivity contribution is -0.139. The number of rotatable bonds is 7. The van der Waals surface area contributed by atoms with E-state index in [2.05, 4.69) is 4.90 Å². The SMILES string of the molecule is CCN(CC(=O)O)C1CCN(CCc2c(F)cccc2Cl)CC1.Cl. The second-order valence-corrected chi connectivity index (χ2v) is 6.39. The number of carbonyl (C=O) groups is 1. The van der Waals surface area contributed by atoms with Gasteiger partial charge in [0.05, 0.1) is 6.54 Å². The molecule has 1 aromatic carbocycles. The minimum Gasteiger partial charge on any atom is -0.480 e. The highest BCUT2D eigenvalue weighted by Crippen LogP contribution is 2.21. The molecule has 136 valence electrons. The van der Waals surface area contributed by atoms with E-state index in [1.165, 1.54) is 6.07 Å². The first-order valence-electron chi connectivity index (χ1n) is 8.12. The maximum atomic E-state index is 13.8. The van der Waals surface area contributed by atoms with Crippen LogP contribution < -0.4 is 0 Å². The second kappa shape index (κ2) is 10.2. The standard InChI is InChI=1S/C17H24ClFN2O2.ClH/c1-2-21(12-17(22)23)13-6-9-20(10-7-13)11-8-14-15(18)4-3-5-16(14)19;/h3-5,13H,2,6-12H2,1H3,(H,22,23);1H. The zero-order valence-corrected chi connectivity index (χ0v) is 15.5. The van der Waals surface area contributed by atoms with Crippen LogP contribution in [0.5, 0.6) is 0 Å². The largest absolute Gasteiger partial charge is 0.480 e. The molecule has 7 heteroatoms. The average molecular weight is 379 g/mol. The fourth-order valence-electron chi connectivity index (χ4n) is 3.22. The Kier molecular flexibility index (Phi) is 8.98. The summed E-state index contributed by atoms with van der Waals surface area (Å²) in [5.41, 5.74) is 0.581. The molecule has 4 nitrogen and oxygen atoms in total. The second-order valence-electron chi connectivity index (χ2n) is 5.98. The predicted octanol–water partition coefficient (Wildman–Crippen LogP) is 3.31. The Labute approximate surface area is 154 Å². The summed E-state index contributed by atoms with van der Waals surface area (Å²) in [6.45, 7) is 5.45. The number of likely N-dealkylation sites (tertiary alicyclic amines) is 1. The van der Waals surface area contributed by atoms with Gasteiger partial charge in [-0.1, -0.05) is 24.6 Å². The number of carboxylic acid groups (broad SMARTS) is 1. The Morgan fingerprint density at radius 3 is 2.62 bits per heavy atom. The third-order valence-corrected chi connectivity index (χ3v) is 4.91. The topological polar surface area (TPSA) is 43.8 Å². The van der Waals surface area contributed by atoms with E-state index in [1.807, 2.05) is 11.8 Å². The van der Waals surface area contributed by atoms with Gasteiger partial charge < -0.3 is 10.0 Å². The Hall–Kier alpha value is -0.880. The minimum absolute atomic E-state index is 0. The number of likely N-dealkylation sites (N-methyl/N-ethyl adjacent to an activating group) is 1. The van der Waals surface area contributed by atoms with Crippen LogP contribution in [-0.2, 0) is 11.2 Å². The van der Waals surface area contributed by atoms with Gasteiger partial charge in [0.15, 0.2) is 0 Å². The molecule has 1 aliphatic rings. The van der Waals surface area contributed by atoms with Gasteiger partial charge in [0.25, 0.3) is 0 Å². The minimum atomic E-state index is -0.775. The number of carboxylic acids is 1. The van der Waals surface area contributed by atoms with Gasteiger partial charge in [-0.15, -0.1) is 12.4 Å². The van der Waals surface area contributed by atoms with Crippen LogP contribution in [0.2, 0.25) is 5.02 Å². The molecule has 1 aromatic rings. The van der Waals surface area contributed by atoms with Crippen molar-refractivity contribution in [3.05, 3.63) is 34.6 Å². The molecule has 2 rings (SSSR count). The number of hydrogen-bond donors (Lipinski definition) is 1. The van der Waals surface area contributed by atoms with Crippen LogP contribution in [0.15, 0.2) is 18.2 Å². The van der Waals surface area contributed by atoms with Gasteiger partial charge in [-0.25, -0.2) is 4.39 Å². The molecule has 0 spiro atoms. The predicted molar refractivity (Wildman–Crippen MR) is 96.7 cm³/mol. The lowest BCUT2D eigenvalue weighted by Crippen LogP contribution is -2.46. The van der Waals surface area contributed by atoms with E-state index in [0.29, 0.717) is 23.0 Å². The van der Waals surface area contributed by atoms with Gasteiger partial charge >= 0.3 is 5.97 Å². The quantitative estimate of drug-likeness (QED) is 0.790. The first-order chi connectivity index (χ1) is 11.0. The summed E-state index contributed by atoms with van der Waals surface area (Å²) in [7, 11) is 0. The summed E-state index contributed by atoms with van der Waals surface area (Å²) in [6, 6.07) is 5.11. The van der Waals surface area contributed by atoms with Gasteiger partial charge in [-0.3, -0.25) is 9.69 Å². The molecule has 0 radical (unpaired) electrons. The highest BCUT2D eigenvalue weighted by molar-refractivity contribution is 6.31. The summed E-state index contributed by atoms with van der Waals surface area (Å²) in [4.78, 5) is 15.2. The van der Waals surface area contributed by atoms with E-state index in [1.54, 1.807) is 12.1 Å². The third-order valence-electron chi connectivity index (χ3n) is 4.56. The Balaban J connectivity index is 0.00000288. The van der Waals surface area contributed by atoms with Crippen molar-refractivity contribution in [2.45, 2.75) is 32.2 Å². The lowest BCUT2D eigenvalue weighted by Gasteiger charge is -2.37. The molecule has 1 N–H and O–H groups in total. The molecule has 1 saturated heterocycles. The fraction of sp³-hybridized carbons (Fsp3) is 0.588. The van der Waals surface area contributed by atoms with E-state index in [0.717, 1.165) is 39.0 Å². The van der Waals surface area contributed by atoms with Crippen molar-refractivity contribution in [1.29, 1.82) is 0 Å². The van der Waals surface area contributed by atoms with Crippen LogP contribution in [0.3, 0.4) is 0 Å². The molecule has 0 unspecified atom stereocenters. The van der Waals surface area contributed by atoms with Gasteiger partial charge in [-0.2, -0.15) is 0 Å². The lowest BCUT2D eigenvalue weighted by atomic mass is 10.0. The molecule has 0 aromatic heterocycles. The molecule has 0 amide bonds. The van der Waals surface area contributed by atoms with E-state index >= 15 is 0 Å². The van der Waals surface area contributed by atoms with Gasteiger partial charge in [-0.05, 0) is 51.0 Å². The molecule has 0 saturated carbocycles. The Bertz CT molecular complexity index is 517. The van der Waals surface area contributed by atoms with Crippen molar-refractivity contribution in [2.75, 3.05) is 32.7 Å². The van der Waals surface area contributed by atoms with Crippen LogP contribution in [0, 0.1) is 5.82 Å². The van der Waals surface area contributed by atoms with Crippen LogP contribution >= 0.6 is 24.0 Å². The molecule has 24 heavy (non-hydrogen) atoms. The van der Waals surface area contributed by atoms with Gasteiger partial charge in [0.2, 0.25) is 0 Å². The number of piperidine rings is 1. The number of nitrogens with zero attached hydrogens (tertiary/aromatic N) is 2. The van der Waals surface area contributed by atoms with Crippen molar-refractivity contribution in [3.8, 4) is 0 Å². The fourth-order valence-corrected chi connectivity index (χ4v) is 3.48. The van der Waals surface area contributed by atoms with Crippen molar-refractivity contribution < 1.29 is 14.3 Å². The van der Waals surface area contributed by atoms with E-state index < -0.39 is 5.97 Å². The summed E-state index contributed by atoms with van der Waals surface area (Å²) >= 11 is 6.06. The first-order valence-corrected chi connectivity index (χ1v) is 8.50.